The molecule has 1 N–H and O–H groups in total. The normalized spacial score (nSPS) is 11.4. The summed E-state index contributed by atoms with van der Waals surface area (Å²) < 4.78 is 35.5. The molecule has 0 spiro atoms. The fourth-order valence-corrected chi connectivity index (χ4v) is 4.70. The first-order valence-corrected chi connectivity index (χ1v) is 11.4. The minimum Gasteiger partial charge on any atom is -0.497 e. The Kier molecular flexibility index (Phi) is 5.67. The van der Waals surface area contributed by atoms with Crippen LogP contribution in [0.15, 0.2) is 65.6 Å². The summed E-state index contributed by atoms with van der Waals surface area (Å²) in [5.74, 6) is 1.24. The first-order chi connectivity index (χ1) is 15.3. The summed E-state index contributed by atoms with van der Waals surface area (Å²) in [4.78, 5) is 0.176. The highest BCUT2D eigenvalue weighted by atomic mass is 32.2. The molecule has 2 aromatic heterocycles. The van der Waals surface area contributed by atoms with Gasteiger partial charge in [0.15, 0.2) is 5.82 Å². The second kappa shape index (κ2) is 8.43. The van der Waals surface area contributed by atoms with E-state index in [1.807, 2.05) is 32.0 Å². The van der Waals surface area contributed by atoms with Gasteiger partial charge in [0, 0.05) is 16.9 Å². The van der Waals surface area contributed by atoms with Gasteiger partial charge in [0.1, 0.15) is 5.75 Å². The Hall–Kier alpha value is -3.72. The molecule has 4 rings (SSSR count). The predicted octanol–water partition coefficient (Wildman–Crippen LogP) is 4.06. The summed E-state index contributed by atoms with van der Waals surface area (Å²) in [6.07, 6.45) is 0. The molecule has 8 nitrogen and oxygen atoms in total. The van der Waals surface area contributed by atoms with Crippen molar-refractivity contribution in [2.45, 2.75) is 25.7 Å². The molecule has 0 aliphatic heterocycles. The second-order valence-electron chi connectivity index (χ2n) is 7.43. The Morgan fingerprint density at radius 1 is 0.906 bits per heavy atom. The number of methoxy groups -OCH3 is 1. The second-order valence-corrected chi connectivity index (χ2v) is 9.08. The molecule has 0 saturated heterocycles. The van der Waals surface area contributed by atoms with Gasteiger partial charge in [-0.2, -0.15) is 5.10 Å². The molecule has 4 aromatic rings. The molecular weight excluding hydrogens is 426 g/mol. The molecule has 164 valence electrons. The van der Waals surface area contributed by atoms with Crippen molar-refractivity contribution in [2.24, 2.45) is 0 Å². The molecule has 0 amide bonds. The van der Waals surface area contributed by atoms with Gasteiger partial charge in [-0.1, -0.05) is 12.1 Å². The van der Waals surface area contributed by atoms with Crippen LogP contribution in [0.2, 0.25) is 0 Å². The van der Waals surface area contributed by atoms with E-state index in [0.717, 1.165) is 11.4 Å². The number of benzene rings is 2. The van der Waals surface area contributed by atoms with Crippen molar-refractivity contribution in [1.82, 2.24) is 20.0 Å². The molecule has 0 aliphatic carbocycles. The molecule has 0 unspecified atom stereocenters. The van der Waals surface area contributed by atoms with Crippen LogP contribution < -0.4 is 9.46 Å². The third-order valence-corrected chi connectivity index (χ3v) is 6.52. The minimum absolute atomic E-state index is 0.176. The zero-order valence-electron chi connectivity index (χ0n) is 18.2. The van der Waals surface area contributed by atoms with Crippen molar-refractivity contribution in [2.75, 3.05) is 11.8 Å². The maximum absolute atomic E-state index is 13.0. The van der Waals surface area contributed by atoms with E-state index < -0.39 is 10.0 Å². The van der Waals surface area contributed by atoms with Crippen LogP contribution in [0, 0.1) is 20.8 Å². The maximum atomic E-state index is 13.0. The quantitative estimate of drug-likeness (QED) is 0.477. The van der Waals surface area contributed by atoms with Crippen molar-refractivity contribution in [3.63, 3.8) is 0 Å². The lowest BCUT2D eigenvalue weighted by atomic mass is 10.1. The van der Waals surface area contributed by atoms with Gasteiger partial charge >= 0.3 is 0 Å². The van der Waals surface area contributed by atoms with Crippen molar-refractivity contribution < 1.29 is 13.2 Å². The fraction of sp³-hybridized carbons (Fsp3) is 0.174. The number of hydrogen-bond acceptors (Lipinski definition) is 6. The number of nitrogens with one attached hydrogen (secondary N) is 1. The van der Waals surface area contributed by atoms with Gasteiger partial charge in [-0.25, -0.2) is 13.1 Å². The van der Waals surface area contributed by atoms with Crippen LogP contribution in [0.4, 0.5) is 5.69 Å². The van der Waals surface area contributed by atoms with E-state index in [2.05, 4.69) is 20.0 Å². The van der Waals surface area contributed by atoms with E-state index in [9.17, 15) is 8.42 Å². The predicted molar refractivity (Wildman–Crippen MR) is 123 cm³/mol. The smallest absolute Gasteiger partial charge is 0.262 e. The summed E-state index contributed by atoms with van der Waals surface area (Å²) in [5.41, 5.74) is 4.14. The number of sulfonamides is 1. The average molecular weight is 450 g/mol. The number of aromatic nitrogens is 4. The van der Waals surface area contributed by atoms with Crippen LogP contribution in [-0.2, 0) is 10.0 Å². The topological polar surface area (TPSA) is 99.0 Å². The van der Waals surface area contributed by atoms with Crippen LogP contribution in [0.5, 0.6) is 5.75 Å². The Labute approximate surface area is 187 Å². The summed E-state index contributed by atoms with van der Waals surface area (Å²) >= 11 is 0. The van der Waals surface area contributed by atoms with Gasteiger partial charge in [0.2, 0.25) is 0 Å². The first kappa shape index (κ1) is 21.5. The van der Waals surface area contributed by atoms with Crippen LogP contribution in [0.25, 0.3) is 17.1 Å². The largest absolute Gasteiger partial charge is 0.497 e. The van der Waals surface area contributed by atoms with Gasteiger partial charge in [-0.15, -0.1) is 10.2 Å². The lowest BCUT2D eigenvalue weighted by molar-refractivity contribution is 0.415. The highest BCUT2D eigenvalue weighted by Gasteiger charge is 2.19. The zero-order valence-corrected chi connectivity index (χ0v) is 19.0. The number of hydrogen-bond donors (Lipinski definition) is 1. The van der Waals surface area contributed by atoms with Crippen LogP contribution in [-0.4, -0.2) is 35.5 Å². The van der Waals surface area contributed by atoms with Crippen molar-refractivity contribution in [1.29, 1.82) is 0 Å². The Bertz CT molecular complexity index is 1360. The van der Waals surface area contributed by atoms with Crippen molar-refractivity contribution in [3.8, 4) is 22.8 Å². The summed E-state index contributed by atoms with van der Waals surface area (Å²) in [5, 5.41) is 13.0. The van der Waals surface area contributed by atoms with E-state index in [-0.39, 0.29) is 4.90 Å². The summed E-state index contributed by atoms with van der Waals surface area (Å²) in [6.45, 7) is 5.62. The monoisotopic (exact) mass is 449 g/mol. The van der Waals surface area contributed by atoms with Crippen molar-refractivity contribution in [3.05, 3.63) is 77.6 Å². The van der Waals surface area contributed by atoms with Crippen LogP contribution in [0.1, 0.15) is 17.0 Å². The molecule has 2 heterocycles. The van der Waals surface area contributed by atoms with Gasteiger partial charge in [-0.05, 0) is 74.9 Å². The lowest BCUT2D eigenvalue weighted by Gasteiger charge is -2.12. The van der Waals surface area contributed by atoms with E-state index in [4.69, 9.17) is 4.74 Å². The molecular formula is C23H23N5O3S. The molecule has 9 heteroatoms. The molecule has 32 heavy (non-hydrogen) atoms. The molecule has 2 aromatic carbocycles. The Morgan fingerprint density at radius 3 is 2.25 bits per heavy atom. The molecule has 0 atom stereocenters. The Morgan fingerprint density at radius 2 is 1.66 bits per heavy atom. The van der Waals surface area contributed by atoms with Crippen LogP contribution >= 0.6 is 0 Å². The van der Waals surface area contributed by atoms with E-state index in [1.165, 1.54) is 0 Å². The third kappa shape index (κ3) is 4.33. The number of rotatable bonds is 6. The lowest BCUT2D eigenvalue weighted by Crippen LogP contribution is -2.14. The molecule has 0 aliphatic rings. The van der Waals surface area contributed by atoms with E-state index in [0.29, 0.717) is 34.1 Å². The summed E-state index contributed by atoms with van der Waals surface area (Å²) in [6, 6.07) is 17.5. The van der Waals surface area contributed by atoms with Gasteiger partial charge in [-0.3, -0.25) is 4.72 Å². The van der Waals surface area contributed by atoms with Gasteiger partial charge in [0.05, 0.1) is 23.4 Å². The molecule has 0 saturated carbocycles. The van der Waals surface area contributed by atoms with Gasteiger partial charge in [0.25, 0.3) is 10.0 Å². The number of ether oxygens (including phenoxy) is 1. The Balaban J connectivity index is 1.64. The highest BCUT2D eigenvalue weighted by molar-refractivity contribution is 7.92. The molecule has 0 bridgehead atoms. The van der Waals surface area contributed by atoms with E-state index >= 15 is 0 Å². The number of anilines is 1. The molecule has 0 fully saturated rings. The standard InChI is InChI=1S/C23H23N5O3S/c1-15-5-6-18(21-11-12-23(25-24-21)28-17(3)13-16(2)26-28)14-22(15)32(29,30)27-19-7-9-20(31-4)10-8-19/h5-14,27H,1-4H3. The summed E-state index contributed by atoms with van der Waals surface area (Å²) in [7, 11) is -2.24. The average Bonchev–Trinajstić information content (AvgIpc) is 3.12. The maximum Gasteiger partial charge on any atom is 0.262 e. The van der Waals surface area contributed by atoms with Crippen molar-refractivity contribution >= 4 is 15.7 Å². The first-order valence-electron chi connectivity index (χ1n) is 9.92. The fourth-order valence-electron chi connectivity index (χ4n) is 3.37. The number of aryl methyl sites for hydroxylation is 3. The molecule has 0 radical (unpaired) electrons. The van der Waals surface area contributed by atoms with E-state index in [1.54, 1.807) is 61.2 Å². The SMILES string of the molecule is COc1ccc(NS(=O)(=O)c2cc(-c3ccc(-n4nc(C)cc4C)nn3)ccc2C)cc1. The zero-order chi connectivity index (χ0) is 22.9. The van der Waals surface area contributed by atoms with Crippen LogP contribution in [0.3, 0.4) is 0 Å². The third-order valence-electron chi connectivity index (χ3n) is 4.99. The number of nitrogens with zero attached hydrogens (tertiary/aromatic N) is 4. The highest BCUT2D eigenvalue weighted by Crippen LogP contribution is 2.26. The van der Waals surface area contributed by atoms with Gasteiger partial charge < -0.3 is 4.74 Å². The minimum atomic E-state index is -3.80.